The summed E-state index contributed by atoms with van der Waals surface area (Å²) in [6, 6.07) is 16.8. The minimum Gasteiger partial charge on any atom is -0.378 e. The third-order valence-electron chi connectivity index (χ3n) is 6.96. The van der Waals surface area contributed by atoms with E-state index in [0.717, 1.165) is 13.1 Å². The minimum atomic E-state index is 0.347. The van der Waals surface area contributed by atoms with E-state index < -0.39 is 0 Å². The third kappa shape index (κ3) is 6.28. The van der Waals surface area contributed by atoms with Crippen LogP contribution in [0.4, 0.5) is 11.4 Å². The number of hydrogen-bond acceptors (Lipinski definition) is 3. The number of benzene rings is 2. The van der Waals surface area contributed by atoms with Gasteiger partial charge in [-0.3, -0.25) is 4.90 Å². The maximum Gasteiger partial charge on any atom is 0.0604 e. The Bertz CT molecular complexity index is 798. The molecule has 3 rings (SSSR count). The first-order chi connectivity index (χ1) is 15.5. The molecule has 1 saturated heterocycles. The van der Waals surface area contributed by atoms with Crippen molar-refractivity contribution in [1.82, 2.24) is 4.90 Å². The maximum absolute atomic E-state index is 2.71. The molecule has 0 bridgehead atoms. The molecule has 1 atom stereocenters. The van der Waals surface area contributed by atoms with Crippen LogP contribution in [-0.2, 0) is 0 Å². The van der Waals surface area contributed by atoms with Crippen LogP contribution in [0.5, 0.6) is 0 Å². The highest BCUT2D eigenvalue weighted by Gasteiger charge is 2.25. The van der Waals surface area contributed by atoms with Crippen LogP contribution in [0.25, 0.3) is 0 Å². The number of nitrogens with zero attached hydrogens (tertiary/aromatic N) is 3. The molecule has 1 fully saturated rings. The molecule has 2 aromatic rings. The number of anilines is 2. The van der Waals surface area contributed by atoms with E-state index >= 15 is 0 Å². The molecule has 1 unspecified atom stereocenters. The molecule has 176 valence electrons. The third-order valence-corrected chi connectivity index (χ3v) is 6.96. The Hall–Kier alpha value is -2.00. The number of hydrogen-bond donors (Lipinski definition) is 0. The number of piperidine rings is 1. The molecule has 0 N–H and O–H groups in total. The second-order valence-electron chi connectivity index (χ2n) is 9.72. The number of rotatable bonds is 11. The van der Waals surface area contributed by atoms with Gasteiger partial charge in [0.2, 0.25) is 0 Å². The summed E-state index contributed by atoms with van der Waals surface area (Å²) >= 11 is 0. The van der Waals surface area contributed by atoms with E-state index in [1.807, 2.05) is 0 Å². The Kier molecular flexibility index (Phi) is 9.47. The SMILES string of the molecule is CCCCN(CCCC)c1ccc(C(c2ccc(N(C)C)cc2)N2CCCCC2)c(C)c1. The zero-order valence-electron chi connectivity index (χ0n) is 21.2. The average molecular weight is 436 g/mol. The van der Waals surface area contributed by atoms with Gasteiger partial charge in [0, 0.05) is 38.6 Å². The monoisotopic (exact) mass is 435 g/mol. The fourth-order valence-corrected chi connectivity index (χ4v) is 4.95. The largest absolute Gasteiger partial charge is 0.378 e. The van der Waals surface area contributed by atoms with E-state index in [0.29, 0.717) is 6.04 Å². The van der Waals surface area contributed by atoms with Gasteiger partial charge in [0.1, 0.15) is 0 Å². The lowest BCUT2D eigenvalue weighted by molar-refractivity contribution is 0.187. The van der Waals surface area contributed by atoms with Crippen molar-refractivity contribution in [3.05, 3.63) is 59.2 Å². The van der Waals surface area contributed by atoms with Gasteiger partial charge in [0.15, 0.2) is 0 Å². The van der Waals surface area contributed by atoms with E-state index in [9.17, 15) is 0 Å². The van der Waals surface area contributed by atoms with E-state index in [4.69, 9.17) is 0 Å². The smallest absolute Gasteiger partial charge is 0.0604 e. The van der Waals surface area contributed by atoms with Gasteiger partial charge < -0.3 is 9.80 Å². The van der Waals surface area contributed by atoms with Gasteiger partial charge in [-0.25, -0.2) is 0 Å². The molecule has 32 heavy (non-hydrogen) atoms. The zero-order valence-corrected chi connectivity index (χ0v) is 21.2. The van der Waals surface area contributed by atoms with Crippen molar-refractivity contribution in [2.75, 3.05) is 50.1 Å². The molecule has 1 aliphatic rings. The molecule has 0 aliphatic carbocycles. The van der Waals surface area contributed by atoms with Crippen molar-refractivity contribution in [2.24, 2.45) is 0 Å². The Morgan fingerprint density at radius 2 is 1.41 bits per heavy atom. The van der Waals surface area contributed by atoms with E-state index in [1.165, 1.54) is 86.1 Å². The van der Waals surface area contributed by atoms with E-state index in [1.54, 1.807) is 0 Å². The fraction of sp³-hybridized carbons (Fsp3) is 0.586. The van der Waals surface area contributed by atoms with Crippen LogP contribution in [-0.4, -0.2) is 45.2 Å². The average Bonchev–Trinajstić information content (AvgIpc) is 2.81. The van der Waals surface area contributed by atoms with Gasteiger partial charge in [0.25, 0.3) is 0 Å². The van der Waals surface area contributed by atoms with Crippen LogP contribution in [0.3, 0.4) is 0 Å². The summed E-state index contributed by atoms with van der Waals surface area (Å²) in [6.07, 6.45) is 9.01. The van der Waals surface area contributed by atoms with Crippen LogP contribution in [0.15, 0.2) is 42.5 Å². The second kappa shape index (κ2) is 12.3. The normalized spacial score (nSPS) is 15.5. The highest BCUT2D eigenvalue weighted by Crippen LogP contribution is 2.35. The van der Waals surface area contributed by atoms with E-state index in [-0.39, 0.29) is 0 Å². The van der Waals surface area contributed by atoms with Crippen LogP contribution in [0.2, 0.25) is 0 Å². The van der Waals surface area contributed by atoms with Crippen LogP contribution in [0.1, 0.15) is 81.5 Å². The van der Waals surface area contributed by atoms with Gasteiger partial charge in [0.05, 0.1) is 6.04 Å². The number of unbranched alkanes of at least 4 members (excludes halogenated alkanes) is 2. The topological polar surface area (TPSA) is 9.72 Å². The van der Waals surface area contributed by atoms with Crippen LogP contribution < -0.4 is 9.80 Å². The maximum atomic E-state index is 2.71. The molecule has 1 heterocycles. The van der Waals surface area contributed by atoms with Gasteiger partial charge in [-0.1, -0.05) is 51.3 Å². The molecule has 0 spiro atoms. The summed E-state index contributed by atoms with van der Waals surface area (Å²) in [5.74, 6) is 0. The summed E-state index contributed by atoms with van der Waals surface area (Å²) in [5.41, 5.74) is 6.98. The molecular formula is C29H45N3. The standard InChI is InChI=1S/C29H45N3/c1-6-8-19-31(20-9-7-2)27-17-18-28(24(3)23-27)29(32-21-11-10-12-22-32)25-13-15-26(16-14-25)30(4)5/h13-18,23,29H,6-12,19-22H2,1-5H3. The van der Waals surface area contributed by atoms with Crippen molar-refractivity contribution in [3.8, 4) is 0 Å². The highest BCUT2D eigenvalue weighted by molar-refractivity contribution is 5.54. The van der Waals surface area contributed by atoms with Crippen molar-refractivity contribution in [1.29, 1.82) is 0 Å². The molecule has 0 radical (unpaired) electrons. The zero-order chi connectivity index (χ0) is 22.9. The molecule has 2 aromatic carbocycles. The molecular weight excluding hydrogens is 390 g/mol. The Balaban J connectivity index is 1.93. The van der Waals surface area contributed by atoms with Crippen molar-refractivity contribution >= 4 is 11.4 Å². The fourth-order valence-electron chi connectivity index (χ4n) is 4.95. The summed E-state index contributed by atoms with van der Waals surface area (Å²) in [7, 11) is 4.23. The van der Waals surface area contributed by atoms with Gasteiger partial charge >= 0.3 is 0 Å². The summed E-state index contributed by atoms with van der Waals surface area (Å²) in [6.45, 7) is 11.6. The lowest BCUT2D eigenvalue weighted by Crippen LogP contribution is -2.35. The predicted octanol–water partition coefficient (Wildman–Crippen LogP) is 7.04. The van der Waals surface area contributed by atoms with Crippen molar-refractivity contribution < 1.29 is 0 Å². The summed E-state index contributed by atoms with van der Waals surface area (Å²) in [4.78, 5) is 7.49. The lowest BCUT2D eigenvalue weighted by atomic mass is 9.91. The molecule has 3 nitrogen and oxygen atoms in total. The minimum absolute atomic E-state index is 0.347. The first kappa shape index (κ1) is 24.6. The van der Waals surface area contributed by atoms with Gasteiger partial charge in [-0.15, -0.1) is 0 Å². The van der Waals surface area contributed by atoms with Crippen molar-refractivity contribution in [3.63, 3.8) is 0 Å². The molecule has 3 heteroatoms. The summed E-state index contributed by atoms with van der Waals surface area (Å²) in [5, 5.41) is 0. The quantitative estimate of drug-likeness (QED) is 0.375. The van der Waals surface area contributed by atoms with Gasteiger partial charge in [-0.05, 0) is 86.7 Å². The van der Waals surface area contributed by atoms with Crippen molar-refractivity contribution in [2.45, 2.75) is 71.8 Å². The lowest BCUT2D eigenvalue weighted by Gasteiger charge is -2.36. The first-order valence-corrected chi connectivity index (χ1v) is 12.9. The summed E-state index contributed by atoms with van der Waals surface area (Å²) < 4.78 is 0. The molecule has 0 saturated carbocycles. The molecule has 0 aromatic heterocycles. The molecule has 0 amide bonds. The van der Waals surface area contributed by atoms with E-state index in [2.05, 4.69) is 92.0 Å². The Labute approximate surface area is 197 Å². The number of likely N-dealkylation sites (tertiary alicyclic amines) is 1. The highest BCUT2D eigenvalue weighted by atomic mass is 15.2. The predicted molar refractivity (Wildman–Crippen MR) is 141 cm³/mol. The first-order valence-electron chi connectivity index (χ1n) is 12.9. The number of aryl methyl sites for hydroxylation is 1. The van der Waals surface area contributed by atoms with Crippen LogP contribution >= 0.6 is 0 Å². The Morgan fingerprint density at radius 3 is 1.94 bits per heavy atom. The van der Waals surface area contributed by atoms with Crippen LogP contribution in [0, 0.1) is 6.92 Å². The molecule has 1 aliphatic heterocycles. The Morgan fingerprint density at radius 1 is 0.812 bits per heavy atom. The second-order valence-corrected chi connectivity index (χ2v) is 9.72. The van der Waals surface area contributed by atoms with Gasteiger partial charge in [-0.2, -0.15) is 0 Å².